The summed E-state index contributed by atoms with van der Waals surface area (Å²) >= 11 is 0. The van der Waals surface area contributed by atoms with Crippen molar-refractivity contribution in [2.24, 2.45) is 11.8 Å². The van der Waals surface area contributed by atoms with E-state index < -0.39 is 41.3 Å². The molecule has 6 nitrogen and oxygen atoms in total. The van der Waals surface area contributed by atoms with Gasteiger partial charge in [0.2, 0.25) is 0 Å². The van der Waals surface area contributed by atoms with Gasteiger partial charge in [0.1, 0.15) is 0 Å². The maximum atomic E-state index is 10.0. The van der Waals surface area contributed by atoms with E-state index >= 15 is 0 Å². The highest BCUT2D eigenvalue weighted by Crippen LogP contribution is 2.36. The second-order valence-electron chi connectivity index (χ2n) is 10.0. The predicted octanol–water partition coefficient (Wildman–Crippen LogP) is 2.75. The smallest absolute Gasteiger partial charge is 0.327 e. The van der Waals surface area contributed by atoms with Gasteiger partial charge in [0.05, 0.1) is 24.4 Å². The summed E-state index contributed by atoms with van der Waals surface area (Å²) < 4.78 is 12.8. The van der Waals surface area contributed by atoms with E-state index in [1.54, 1.807) is 7.11 Å². The minimum absolute atomic E-state index is 0.414. The van der Waals surface area contributed by atoms with Gasteiger partial charge in [0.25, 0.3) is 0 Å². The van der Waals surface area contributed by atoms with Crippen LogP contribution in [-0.2, 0) is 8.54 Å². The second kappa shape index (κ2) is 10.5. The molecule has 8 heteroatoms. The van der Waals surface area contributed by atoms with E-state index in [1.165, 1.54) is 0 Å². The summed E-state index contributed by atoms with van der Waals surface area (Å²) in [6.07, 6.45) is 4.15. The second-order valence-corrected chi connectivity index (χ2v) is 18.3. The SMILES string of the molecule is CO[Si](CCC1CCC(O)C(O)C1)(CCC1CCC(O)C(O)C1)O[Si](C)(C)C. The Bertz CT molecular complexity index is 442. The van der Waals surface area contributed by atoms with Crippen molar-refractivity contribution in [1.29, 1.82) is 0 Å². The monoisotopic (exact) mass is 434 g/mol. The average Bonchev–Trinajstić information content (AvgIpc) is 2.62. The van der Waals surface area contributed by atoms with Crippen molar-refractivity contribution in [3.63, 3.8) is 0 Å². The van der Waals surface area contributed by atoms with Crippen LogP contribution in [0.5, 0.6) is 0 Å². The lowest BCUT2D eigenvalue weighted by Crippen LogP contribution is -2.49. The molecular weight excluding hydrogens is 392 g/mol. The van der Waals surface area contributed by atoms with Crippen LogP contribution in [0.3, 0.4) is 0 Å². The van der Waals surface area contributed by atoms with Crippen LogP contribution in [0.4, 0.5) is 0 Å². The van der Waals surface area contributed by atoms with Gasteiger partial charge in [-0.25, -0.2) is 0 Å². The first kappa shape index (κ1) is 24.5. The van der Waals surface area contributed by atoms with Crippen LogP contribution in [0.25, 0.3) is 0 Å². The molecule has 6 atom stereocenters. The summed E-state index contributed by atoms with van der Waals surface area (Å²) in [5.74, 6) is 0.828. The molecule has 6 unspecified atom stereocenters. The largest absolute Gasteiger partial charge is 0.436 e. The third-order valence-electron chi connectivity index (χ3n) is 6.51. The van der Waals surface area contributed by atoms with Crippen molar-refractivity contribution in [2.45, 2.75) is 108 Å². The molecule has 0 bridgehead atoms. The van der Waals surface area contributed by atoms with Gasteiger partial charge in [-0.2, -0.15) is 0 Å². The van der Waals surface area contributed by atoms with Crippen molar-refractivity contribution in [3.8, 4) is 0 Å². The third-order valence-corrected chi connectivity index (χ3v) is 13.3. The summed E-state index contributed by atoms with van der Waals surface area (Å²) in [6.45, 7) is 6.61. The Morgan fingerprint density at radius 2 is 1.14 bits per heavy atom. The molecule has 28 heavy (non-hydrogen) atoms. The van der Waals surface area contributed by atoms with Crippen LogP contribution in [0.2, 0.25) is 31.7 Å². The average molecular weight is 435 g/mol. The number of rotatable bonds is 9. The van der Waals surface area contributed by atoms with E-state index in [1.807, 2.05) is 0 Å². The molecule has 0 aromatic rings. The molecule has 0 aromatic heterocycles. The van der Waals surface area contributed by atoms with Crippen molar-refractivity contribution in [3.05, 3.63) is 0 Å². The number of aliphatic hydroxyl groups is 4. The van der Waals surface area contributed by atoms with Gasteiger partial charge >= 0.3 is 8.56 Å². The first-order chi connectivity index (χ1) is 13.0. The zero-order chi connectivity index (χ0) is 20.9. The van der Waals surface area contributed by atoms with E-state index in [9.17, 15) is 20.4 Å². The van der Waals surface area contributed by atoms with Crippen molar-refractivity contribution < 1.29 is 29.0 Å². The van der Waals surface area contributed by atoms with Crippen LogP contribution < -0.4 is 0 Å². The van der Waals surface area contributed by atoms with E-state index in [-0.39, 0.29) is 0 Å². The van der Waals surface area contributed by atoms with Gasteiger partial charge in [-0.05, 0) is 94.9 Å². The maximum Gasteiger partial charge on any atom is 0.327 e. The lowest BCUT2D eigenvalue weighted by molar-refractivity contribution is -0.0265. The molecule has 0 aromatic carbocycles. The summed E-state index contributed by atoms with van der Waals surface area (Å²) in [5.41, 5.74) is 0. The number of hydrogen-bond donors (Lipinski definition) is 4. The van der Waals surface area contributed by atoms with Gasteiger partial charge in [-0.1, -0.05) is 0 Å². The van der Waals surface area contributed by atoms with E-state index in [0.29, 0.717) is 37.5 Å². The molecule has 2 saturated carbocycles. The summed E-state index contributed by atoms with van der Waals surface area (Å²) in [4.78, 5) is 0. The molecule has 0 heterocycles. The van der Waals surface area contributed by atoms with Gasteiger partial charge in [-0.3, -0.25) is 0 Å². The van der Waals surface area contributed by atoms with Crippen molar-refractivity contribution in [1.82, 2.24) is 0 Å². The first-order valence-electron chi connectivity index (χ1n) is 11.0. The zero-order valence-electron chi connectivity index (χ0n) is 18.1. The predicted molar refractivity (Wildman–Crippen MR) is 115 cm³/mol. The molecule has 0 amide bonds. The Labute approximate surface area is 172 Å². The molecule has 4 N–H and O–H groups in total. The third kappa shape index (κ3) is 7.46. The van der Waals surface area contributed by atoms with Crippen molar-refractivity contribution >= 4 is 16.9 Å². The van der Waals surface area contributed by atoms with Crippen LogP contribution in [0.15, 0.2) is 0 Å². The summed E-state index contributed by atoms with van der Waals surface area (Å²) in [5, 5.41) is 39.5. The fraction of sp³-hybridized carbons (Fsp3) is 1.00. The van der Waals surface area contributed by atoms with Gasteiger partial charge in [0, 0.05) is 7.11 Å². The number of aliphatic hydroxyl groups excluding tert-OH is 4. The highest BCUT2D eigenvalue weighted by atomic mass is 28.4. The van der Waals surface area contributed by atoms with E-state index in [0.717, 1.165) is 37.8 Å². The molecule has 2 aliphatic rings. The molecule has 0 saturated heterocycles. The molecule has 2 aliphatic carbocycles. The topological polar surface area (TPSA) is 99.4 Å². The molecular formula is C20H42O6Si2. The molecule has 0 radical (unpaired) electrons. The molecule has 166 valence electrons. The van der Waals surface area contributed by atoms with Crippen LogP contribution in [0.1, 0.15) is 51.4 Å². The van der Waals surface area contributed by atoms with E-state index in [2.05, 4.69) is 19.6 Å². The Kier molecular flexibility index (Phi) is 9.16. The fourth-order valence-corrected chi connectivity index (χ4v) is 12.8. The molecule has 0 aliphatic heterocycles. The lowest BCUT2D eigenvalue weighted by atomic mass is 9.84. The highest BCUT2D eigenvalue weighted by Gasteiger charge is 2.42. The Balaban J connectivity index is 1.96. The minimum atomic E-state index is -2.38. The quantitative estimate of drug-likeness (QED) is 0.417. The highest BCUT2D eigenvalue weighted by molar-refractivity contribution is 6.82. The van der Waals surface area contributed by atoms with Crippen LogP contribution >= 0.6 is 0 Å². The Morgan fingerprint density at radius 1 is 0.714 bits per heavy atom. The van der Waals surface area contributed by atoms with E-state index in [4.69, 9.17) is 8.54 Å². The minimum Gasteiger partial charge on any atom is -0.436 e. The Hall–Kier alpha value is 0.194. The standard InChI is InChI=1S/C20H42O6Si2/c1-25-28(26-27(2,3)4,11-9-15-5-7-17(21)19(23)13-15)12-10-16-6-8-18(22)20(24)14-16/h15-24H,5-14H2,1-4H3. The van der Waals surface area contributed by atoms with Gasteiger partial charge < -0.3 is 29.0 Å². The zero-order valence-corrected chi connectivity index (χ0v) is 20.1. The normalized spacial score (nSPS) is 36.9. The molecule has 2 fully saturated rings. The fourth-order valence-electron chi connectivity index (χ4n) is 4.83. The molecule has 0 spiro atoms. The van der Waals surface area contributed by atoms with Crippen LogP contribution in [-0.4, -0.2) is 68.8 Å². The van der Waals surface area contributed by atoms with Gasteiger partial charge in [0.15, 0.2) is 8.32 Å². The summed E-state index contributed by atoms with van der Waals surface area (Å²) in [7, 11) is -2.37. The summed E-state index contributed by atoms with van der Waals surface area (Å²) in [6, 6.07) is 1.83. The number of hydrogen-bond acceptors (Lipinski definition) is 6. The lowest BCUT2D eigenvalue weighted by Gasteiger charge is -2.39. The van der Waals surface area contributed by atoms with Crippen molar-refractivity contribution in [2.75, 3.05) is 7.11 Å². The first-order valence-corrected chi connectivity index (χ1v) is 16.6. The Morgan fingerprint density at radius 3 is 1.46 bits per heavy atom. The molecule has 2 rings (SSSR count). The van der Waals surface area contributed by atoms with Crippen LogP contribution in [0, 0.1) is 11.8 Å². The maximum absolute atomic E-state index is 10.0. The van der Waals surface area contributed by atoms with Gasteiger partial charge in [-0.15, -0.1) is 0 Å².